The van der Waals surface area contributed by atoms with Gasteiger partial charge in [0.2, 0.25) is 0 Å². The summed E-state index contributed by atoms with van der Waals surface area (Å²) in [4.78, 5) is 11.0. The van der Waals surface area contributed by atoms with Crippen molar-refractivity contribution in [3.05, 3.63) is 54.6 Å². The van der Waals surface area contributed by atoms with E-state index in [0.29, 0.717) is 6.04 Å². The number of rotatable bonds is 4. The summed E-state index contributed by atoms with van der Waals surface area (Å²) in [5.74, 6) is 0.810. The van der Waals surface area contributed by atoms with Crippen LogP contribution in [0.3, 0.4) is 0 Å². The molecule has 0 saturated carbocycles. The van der Waals surface area contributed by atoms with Gasteiger partial charge in [0.25, 0.3) is 0 Å². The molecule has 0 bridgehead atoms. The molecule has 0 amide bonds. The Balaban J connectivity index is 1.50. The molecule has 0 spiro atoms. The van der Waals surface area contributed by atoms with Crippen molar-refractivity contribution in [2.45, 2.75) is 37.6 Å². The van der Waals surface area contributed by atoms with Crippen molar-refractivity contribution in [2.24, 2.45) is 0 Å². The maximum atomic E-state index is 6.16. The first-order valence-corrected chi connectivity index (χ1v) is 8.22. The average molecular weight is 311 g/mol. The summed E-state index contributed by atoms with van der Waals surface area (Å²) in [5.41, 5.74) is 1.10. The normalized spacial score (nSPS) is 27.6. The van der Waals surface area contributed by atoms with Crippen molar-refractivity contribution in [2.75, 3.05) is 13.2 Å². The highest BCUT2D eigenvalue weighted by molar-refractivity contribution is 5.17. The van der Waals surface area contributed by atoms with Gasteiger partial charge in [-0.15, -0.1) is 0 Å². The van der Waals surface area contributed by atoms with Crippen LogP contribution in [0.4, 0.5) is 0 Å². The first-order chi connectivity index (χ1) is 11.4. The summed E-state index contributed by atoms with van der Waals surface area (Å²) in [6.07, 6.45) is 7.82. The van der Waals surface area contributed by atoms with Gasteiger partial charge in [-0.25, -0.2) is 0 Å². The van der Waals surface area contributed by atoms with Crippen molar-refractivity contribution in [3.8, 4) is 5.75 Å². The van der Waals surface area contributed by atoms with Crippen LogP contribution in [0.2, 0.25) is 0 Å². The van der Waals surface area contributed by atoms with E-state index in [4.69, 9.17) is 9.47 Å². The zero-order valence-corrected chi connectivity index (χ0v) is 13.0. The van der Waals surface area contributed by atoms with Gasteiger partial charge in [0.1, 0.15) is 18.0 Å². The Kier molecular flexibility index (Phi) is 4.22. The molecule has 0 radical (unpaired) electrons. The van der Waals surface area contributed by atoms with Crippen LogP contribution >= 0.6 is 0 Å². The van der Waals surface area contributed by atoms with Crippen molar-refractivity contribution < 1.29 is 9.47 Å². The lowest BCUT2D eigenvalue weighted by atomic mass is 10.0. The quantitative estimate of drug-likeness (QED) is 0.867. The van der Waals surface area contributed by atoms with Gasteiger partial charge in [-0.3, -0.25) is 14.9 Å². The first-order valence-electron chi connectivity index (χ1n) is 8.22. The molecule has 3 atom stereocenters. The molecule has 23 heavy (non-hydrogen) atoms. The molecule has 2 aromatic rings. The molecule has 5 heteroatoms. The summed E-state index contributed by atoms with van der Waals surface area (Å²) in [6, 6.07) is 10.3. The second-order valence-corrected chi connectivity index (χ2v) is 6.14. The van der Waals surface area contributed by atoms with Gasteiger partial charge in [0, 0.05) is 38.1 Å². The standard InChI is InChI=1S/C18H21N3O2/c1-2-9-20-14(5-1)12-21-13-17(18-16(21)7-4-10-22-18)23-15-6-3-8-19-11-15/h1-3,5-6,8-9,11,16-18H,4,7,10,12-13H2/t16-,17-,18-/m0/s1. The van der Waals surface area contributed by atoms with Gasteiger partial charge < -0.3 is 9.47 Å². The van der Waals surface area contributed by atoms with Crippen LogP contribution in [-0.4, -0.2) is 46.3 Å². The number of likely N-dealkylation sites (tertiary alicyclic amines) is 1. The molecule has 120 valence electrons. The third-order valence-electron chi connectivity index (χ3n) is 4.60. The van der Waals surface area contributed by atoms with Gasteiger partial charge in [0.15, 0.2) is 0 Å². The Morgan fingerprint density at radius 1 is 1.22 bits per heavy atom. The Morgan fingerprint density at radius 3 is 3.04 bits per heavy atom. The third kappa shape index (κ3) is 3.21. The second kappa shape index (κ2) is 6.64. The Hall–Kier alpha value is -1.98. The number of fused-ring (bicyclic) bond motifs is 1. The van der Waals surface area contributed by atoms with E-state index in [1.54, 1.807) is 12.4 Å². The van der Waals surface area contributed by atoms with Gasteiger partial charge >= 0.3 is 0 Å². The van der Waals surface area contributed by atoms with E-state index < -0.39 is 0 Å². The summed E-state index contributed by atoms with van der Waals surface area (Å²) in [6.45, 7) is 2.53. The largest absolute Gasteiger partial charge is 0.485 e. The molecule has 0 N–H and O–H groups in total. The molecule has 2 aromatic heterocycles. The predicted octanol–water partition coefficient (Wildman–Crippen LogP) is 2.29. The average Bonchev–Trinajstić information content (AvgIpc) is 2.95. The minimum Gasteiger partial charge on any atom is -0.485 e. The molecule has 0 aliphatic carbocycles. The van der Waals surface area contributed by atoms with Gasteiger partial charge in [-0.2, -0.15) is 0 Å². The number of aromatic nitrogens is 2. The predicted molar refractivity (Wildman–Crippen MR) is 86.1 cm³/mol. The zero-order valence-electron chi connectivity index (χ0n) is 13.0. The highest BCUT2D eigenvalue weighted by Crippen LogP contribution is 2.32. The minimum atomic E-state index is 0.0493. The second-order valence-electron chi connectivity index (χ2n) is 6.14. The van der Waals surface area contributed by atoms with Crippen LogP contribution in [0, 0.1) is 0 Å². The van der Waals surface area contributed by atoms with Crippen LogP contribution in [0.1, 0.15) is 18.5 Å². The molecule has 2 aliphatic heterocycles. The fourth-order valence-electron chi connectivity index (χ4n) is 3.58. The van der Waals surface area contributed by atoms with E-state index in [-0.39, 0.29) is 12.2 Å². The Morgan fingerprint density at radius 2 is 2.22 bits per heavy atom. The van der Waals surface area contributed by atoms with Gasteiger partial charge in [0.05, 0.1) is 11.9 Å². The van der Waals surface area contributed by atoms with E-state index in [1.165, 1.54) is 0 Å². The van der Waals surface area contributed by atoms with Crippen molar-refractivity contribution in [3.63, 3.8) is 0 Å². The van der Waals surface area contributed by atoms with Crippen LogP contribution in [0.5, 0.6) is 5.75 Å². The summed E-state index contributed by atoms with van der Waals surface area (Å²) in [7, 11) is 0. The van der Waals surface area contributed by atoms with E-state index in [9.17, 15) is 0 Å². The lowest BCUT2D eigenvalue weighted by molar-refractivity contribution is -0.0473. The number of hydrogen-bond acceptors (Lipinski definition) is 5. The van der Waals surface area contributed by atoms with Gasteiger partial charge in [-0.05, 0) is 37.1 Å². The third-order valence-corrected chi connectivity index (χ3v) is 4.60. The van der Waals surface area contributed by atoms with Crippen LogP contribution in [0.25, 0.3) is 0 Å². The van der Waals surface area contributed by atoms with Crippen molar-refractivity contribution in [1.29, 1.82) is 0 Å². The molecular formula is C18H21N3O2. The number of pyridine rings is 2. The summed E-state index contributed by atoms with van der Waals surface area (Å²) < 4.78 is 12.2. The molecule has 0 aromatic carbocycles. The monoisotopic (exact) mass is 311 g/mol. The zero-order chi connectivity index (χ0) is 15.5. The lowest BCUT2D eigenvalue weighted by Gasteiger charge is -2.32. The first kappa shape index (κ1) is 14.6. The number of hydrogen-bond donors (Lipinski definition) is 0. The van der Waals surface area contributed by atoms with Gasteiger partial charge in [-0.1, -0.05) is 6.07 Å². The maximum absolute atomic E-state index is 6.16. The molecule has 4 rings (SSSR count). The van der Waals surface area contributed by atoms with Crippen LogP contribution in [-0.2, 0) is 11.3 Å². The molecule has 5 nitrogen and oxygen atoms in total. The lowest BCUT2D eigenvalue weighted by Crippen LogP contribution is -2.42. The van der Waals surface area contributed by atoms with Crippen molar-refractivity contribution in [1.82, 2.24) is 14.9 Å². The van der Waals surface area contributed by atoms with E-state index in [2.05, 4.69) is 20.9 Å². The fourth-order valence-corrected chi connectivity index (χ4v) is 3.58. The molecular weight excluding hydrogens is 290 g/mol. The van der Waals surface area contributed by atoms with Crippen molar-refractivity contribution >= 4 is 0 Å². The minimum absolute atomic E-state index is 0.0493. The highest BCUT2D eigenvalue weighted by Gasteiger charge is 2.45. The van der Waals surface area contributed by atoms with E-state index in [0.717, 1.165) is 44.0 Å². The molecule has 0 unspecified atom stereocenters. The fraction of sp³-hybridized carbons (Fsp3) is 0.444. The van der Waals surface area contributed by atoms with E-state index in [1.807, 2.05) is 30.5 Å². The SMILES string of the molecule is c1ccc(CN2C[C@H](Oc3cccnc3)[C@H]3OCCC[C@@H]32)nc1. The summed E-state index contributed by atoms with van der Waals surface area (Å²) in [5, 5.41) is 0. The van der Waals surface area contributed by atoms with Crippen LogP contribution < -0.4 is 4.74 Å². The Bertz CT molecular complexity index is 567. The summed E-state index contributed by atoms with van der Waals surface area (Å²) >= 11 is 0. The Labute approximate surface area is 136 Å². The smallest absolute Gasteiger partial charge is 0.139 e. The van der Waals surface area contributed by atoms with Crippen LogP contribution in [0.15, 0.2) is 48.9 Å². The molecule has 2 fully saturated rings. The molecule has 4 heterocycles. The molecule has 2 saturated heterocycles. The highest BCUT2D eigenvalue weighted by atomic mass is 16.5. The maximum Gasteiger partial charge on any atom is 0.139 e. The topological polar surface area (TPSA) is 47.5 Å². The number of ether oxygens (including phenoxy) is 2. The molecule has 2 aliphatic rings. The van der Waals surface area contributed by atoms with E-state index >= 15 is 0 Å². The number of nitrogens with zero attached hydrogens (tertiary/aromatic N) is 3.